The Morgan fingerprint density at radius 1 is 0.970 bits per heavy atom. The van der Waals surface area contributed by atoms with Crippen LogP contribution in [0.3, 0.4) is 0 Å². The van der Waals surface area contributed by atoms with E-state index in [0.29, 0.717) is 0 Å². The van der Waals surface area contributed by atoms with Crippen molar-refractivity contribution in [1.29, 1.82) is 0 Å². The van der Waals surface area contributed by atoms with Crippen molar-refractivity contribution >= 4 is 33.3 Å². The fourth-order valence-electron chi connectivity index (χ4n) is 4.79. The van der Waals surface area contributed by atoms with Gasteiger partial charge in [0, 0.05) is 28.6 Å². The predicted octanol–water partition coefficient (Wildman–Crippen LogP) is 6.42. The smallest absolute Gasteiger partial charge is 0.170 e. The summed E-state index contributed by atoms with van der Waals surface area (Å²) in [6, 6.07) is 27.2. The molecule has 166 valence electrons. The molecule has 6 heteroatoms. The van der Waals surface area contributed by atoms with E-state index in [2.05, 4.69) is 104 Å². The predicted molar refractivity (Wildman–Crippen MR) is 140 cm³/mol. The Hall–Kier alpha value is -2.96. The molecule has 5 rings (SSSR count). The number of hydrogen-bond donors (Lipinski definition) is 1. The lowest BCUT2D eigenvalue weighted by Crippen LogP contribution is -2.29. The molecule has 2 aromatic heterocycles. The lowest BCUT2D eigenvalue weighted by Gasteiger charge is -2.28. The Kier molecular flexibility index (Phi) is 6.04. The number of halogens is 1. The van der Waals surface area contributed by atoms with Crippen LogP contribution in [0.5, 0.6) is 0 Å². The quantitative estimate of drug-likeness (QED) is 0.310. The molecule has 1 fully saturated rings. The summed E-state index contributed by atoms with van der Waals surface area (Å²) in [7, 11) is 0. The monoisotopic (exact) mass is 516 g/mol. The lowest BCUT2D eigenvalue weighted by molar-refractivity contribution is 0.310. The van der Waals surface area contributed by atoms with Crippen LogP contribution in [0.25, 0.3) is 5.69 Å². The molecule has 0 saturated carbocycles. The molecular formula is C27H25BrN4S. The maximum absolute atomic E-state index is 5.86. The van der Waals surface area contributed by atoms with Crippen LogP contribution in [0, 0.1) is 13.8 Å². The van der Waals surface area contributed by atoms with Crippen LogP contribution in [-0.4, -0.2) is 19.6 Å². The molecule has 0 radical (unpaired) electrons. The molecule has 0 amide bonds. The Morgan fingerprint density at radius 2 is 1.70 bits per heavy atom. The number of para-hydroxylation sites is 1. The summed E-state index contributed by atoms with van der Waals surface area (Å²) in [5.41, 5.74) is 7.00. The van der Waals surface area contributed by atoms with Gasteiger partial charge in [-0.1, -0.05) is 48.5 Å². The summed E-state index contributed by atoms with van der Waals surface area (Å²) < 4.78 is 3.39. The second kappa shape index (κ2) is 9.12. The van der Waals surface area contributed by atoms with Crippen molar-refractivity contribution in [2.75, 3.05) is 0 Å². The van der Waals surface area contributed by atoms with Crippen molar-refractivity contribution in [3.8, 4) is 5.69 Å². The van der Waals surface area contributed by atoms with E-state index in [-0.39, 0.29) is 12.1 Å². The maximum Gasteiger partial charge on any atom is 0.170 e. The van der Waals surface area contributed by atoms with Gasteiger partial charge in [-0.25, -0.2) is 0 Å². The Bertz CT molecular complexity index is 1290. The van der Waals surface area contributed by atoms with Gasteiger partial charge in [0.2, 0.25) is 0 Å². The molecule has 1 N–H and O–H groups in total. The van der Waals surface area contributed by atoms with Crippen LogP contribution in [0.2, 0.25) is 0 Å². The molecule has 1 aliphatic heterocycles. The first-order chi connectivity index (χ1) is 16.0. The minimum absolute atomic E-state index is 0.0232. The summed E-state index contributed by atoms with van der Waals surface area (Å²) in [6.07, 6.45) is 1.85. The zero-order chi connectivity index (χ0) is 22.9. The summed E-state index contributed by atoms with van der Waals surface area (Å²) in [5.74, 6) is 0. The highest BCUT2D eigenvalue weighted by molar-refractivity contribution is 9.10. The van der Waals surface area contributed by atoms with E-state index in [1.165, 1.54) is 22.5 Å². The average Bonchev–Trinajstić information content (AvgIpc) is 3.30. The van der Waals surface area contributed by atoms with E-state index in [0.717, 1.165) is 27.5 Å². The van der Waals surface area contributed by atoms with Crippen molar-refractivity contribution in [1.82, 2.24) is 19.8 Å². The lowest BCUT2D eigenvalue weighted by atomic mass is 9.96. The normalized spacial score (nSPS) is 17.9. The first-order valence-corrected chi connectivity index (χ1v) is 12.2. The van der Waals surface area contributed by atoms with Gasteiger partial charge in [-0.3, -0.25) is 4.98 Å². The minimum atomic E-state index is -0.0319. The Labute approximate surface area is 208 Å². The van der Waals surface area contributed by atoms with Crippen LogP contribution < -0.4 is 5.32 Å². The number of nitrogens with zero attached hydrogens (tertiary/aromatic N) is 3. The molecule has 0 bridgehead atoms. The molecule has 2 aromatic carbocycles. The largest absolute Gasteiger partial charge is 0.352 e. The molecule has 0 unspecified atom stereocenters. The molecule has 1 aliphatic rings. The third-order valence-corrected chi connectivity index (χ3v) is 7.30. The zero-order valence-corrected chi connectivity index (χ0v) is 21.0. The number of rotatable bonds is 5. The van der Waals surface area contributed by atoms with E-state index >= 15 is 0 Å². The van der Waals surface area contributed by atoms with Gasteiger partial charge in [0.25, 0.3) is 0 Å². The molecule has 0 spiro atoms. The second-order valence-electron chi connectivity index (χ2n) is 8.35. The van der Waals surface area contributed by atoms with Gasteiger partial charge in [0.15, 0.2) is 5.11 Å². The molecule has 0 aliphatic carbocycles. The van der Waals surface area contributed by atoms with Crippen LogP contribution in [0.4, 0.5) is 0 Å². The van der Waals surface area contributed by atoms with E-state index < -0.39 is 0 Å². The Morgan fingerprint density at radius 3 is 2.42 bits per heavy atom. The van der Waals surface area contributed by atoms with Gasteiger partial charge in [-0.05, 0) is 83.5 Å². The number of benzene rings is 2. The van der Waals surface area contributed by atoms with Crippen molar-refractivity contribution in [3.05, 3.63) is 118 Å². The third kappa shape index (κ3) is 4.09. The van der Waals surface area contributed by atoms with Gasteiger partial charge in [-0.2, -0.15) is 0 Å². The highest BCUT2D eigenvalue weighted by atomic mass is 79.9. The van der Waals surface area contributed by atoms with Crippen LogP contribution in [0.15, 0.2) is 89.5 Å². The number of thiocarbonyl (C=S) groups is 1. The average molecular weight is 517 g/mol. The first kappa shape index (κ1) is 21.9. The summed E-state index contributed by atoms with van der Waals surface area (Å²) in [5, 5.41) is 4.33. The van der Waals surface area contributed by atoms with Crippen molar-refractivity contribution < 1.29 is 0 Å². The zero-order valence-electron chi connectivity index (χ0n) is 18.6. The van der Waals surface area contributed by atoms with E-state index in [1.807, 2.05) is 30.5 Å². The van der Waals surface area contributed by atoms with Gasteiger partial charge >= 0.3 is 0 Å². The Balaban J connectivity index is 1.63. The van der Waals surface area contributed by atoms with E-state index in [1.54, 1.807) is 0 Å². The van der Waals surface area contributed by atoms with Crippen molar-refractivity contribution in [2.45, 2.75) is 32.5 Å². The van der Waals surface area contributed by atoms with Crippen molar-refractivity contribution in [2.24, 2.45) is 0 Å². The molecule has 33 heavy (non-hydrogen) atoms. The number of aromatic nitrogens is 2. The van der Waals surface area contributed by atoms with Gasteiger partial charge in [0.1, 0.15) is 0 Å². The summed E-state index contributed by atoms with van der Waals surface area (Å²) >= 11 is 9.60. The second-order valence-corrected chi connectivity index (χ2v) is 9.59. The molecule has 1 saturated heterocycles. The number of aryl methyl sites for hydroxylation is 1. The van der Waals surface area contributed by atoms with Crippen molar-refractivity contribution in [3.63, 3.8) is 0 Å². The molecule has 3 heterocycles. The fourth-order valence-corrected chi connectivity index (χ4v) is 5.55. The van der Waals surface area contributed by atoms with Crippen LogP contribution in [0.1, 0.15) is 40.3 Å². The van der Waals surface area contributed by atoms with Gasteiger partial charge in [-0.15, -0.1) is 0 Å². The minimum Gasteiger partial charge on any atom is -0.352 e. The molecular weight excluding hydrogens is 492 g/mol. The highest BCUT2D eigenvalue weighted by Crippen LogP contribution is 2.42. The maximum atomic E-state index is 5.86. The topological polar surface area (TPSA) is 33.1 Å². The van der Waals surface area contributed by atoms with Crippen LogP contribution in [-0.2, 0) is 6.54 Å². The highest BCUT2D eigenvalue weighted by Gasteiger charge is 2.41. The number of nitrogens with one attached hydrogen (secondary N) is 1. The van der Waals surface area contributed by atoms with Gasteiger partial charge < -0.3 is 14.8 Å². The number of pyridine rings is 1. The fraction of sp³-hybridized carbons (Fsp3) is 0.185. The van der Waals surface area contributed by atoms with Crippen LogP contribution >= 0.6 is 28.1 Å². The molecule has 2 atom stereocenters. The molecule has 4 nitrogen and oxygen atoms in total. The van der Waals surface area contributed by atoms with E-state index in [4.69, 9.17) is 12.2 Å². The van der Waals surface area contributed by atoms with E-state index in [9.17, 15) is 0 Å². The number of hydrogen-bond acceptors (Lipinski definition) is 2. The molecule has 4 aromatic rings. The summed E-state index contributed by atoms with van der Waals surface area (Å²) in [6.45, 7) is 5.09. The standard InChI is InChI=1S/C27H25BrN4S/c1-18-16-21(19(2)32(18)24-14-7-6-12-22(24)28)26-25(23-13-8-9-15-29-23)30-27(33)31(26)17-20-10-4-3-5-11-20/h3-16,25-26H,17H2,1-2H3,(H,30,33)/t25-,26+/m0/s1. The third-order valence-electron chi connectivity index (χ3n) is 6.28. The SMILES string of the molecule is Cc1cc([C@@H]2[C@H](c3ccccn3)NC(=S)N2Cc2ccccc2)c(C)n1-c1ccccc1Br. The first-order valence-electron chi connectivity index (χ1n) is 11.0. The van der Waals surface area contributed by atoms with Gasteiger partial charge in [0.05, 0.1) is 23.5 Å². The summed E-state index contributed by atoms with van der Waals surface area (Å²) in [4.78, 5) is 6.98.